The van der Waals surface area contributed by atoms with Gasteiger partial charge in [-0.1, -0.05) is 25.1 Å². The minimum Gasteiger partial charge on any atom is -0.507 e. The van der Waals surface area contributed by atoms with Gasteiger partial charge < -0.3 is 20.9 Å². The lowest BCUT2D eigenvalue weighted by molar-refractivity contribution is 0.415. The van der Waals surface area contributed by atoms with Gasteiger partial charge in [-0.15, -0.1) is 0 Å². The molecular formula is C21H24N4O2. The zero-order valence-corrected chi connectivity index (χ0v) is 15.5. The first-order valence-electron chi connectivity index (χ1n) is 8.91. The van der Waals surface area contributed by atoms with Crippen molar-refractivity contribution >= 4 is 5.82 Å². The normalized spacial score (nSPS) is 11.8. The number of ether oxygens (including phenoxy) is 1. The number of rotatable bonds is 7. The third kappa shape index (κ3) is 4.54. The maximum absolute atomic E-state index is 10.3. The number of phenols is 1. The number of anilines is 1. The average molecular weight is 364 g/mol. The summed E-state index contributed by atoms with van der Waals surface area (Å²) in [5, 5.41) is 13.6. The number of methoxy groups -OCH3 is 1. The van der Waals surface area contributed by atoms with E-state index in [1.54, 1.807) is 25.4 Å². The van der Waals surface area contributed by atoms with Gasteiger partial charge in [-0.25, -0.2) is 9.97 Å². The van der Waals surface area contributed by atoms with Crippen molar-refractivity contribution in [2.45, 2.75) is 19.4 Å². The van der Waals surface area contributed by atoms with Gasteiger partial charge in [-0.05, 0) is 47.9 Å². The number of hydrogen-bond acceptors (Lipinski definition) is 6. The molecule has 6 nitrogen and oxygen atoms in total. The smallest absolute Gasteiger partial charge is 0.165 e. The van der Waals surface area contributed by atoms with E-state index in [-0.39, 0.29) is 11.8 Å². The Morgan fingerprint density at radius 1 is 1.15 bits per heavy atom. The van der Waals surface area contributed by atoms with Crippen LogP contribution in [0.3, 0.4) is 0 Å². The van der Waals surface area contributed by atoms with Crippen molar-refractivity contribution in [1.82, 2.24) is 9.97 Å². The molecule has 1 aromatic heterocycles. The van der Waals surface area contributed by atoms with Crippen molar-refractivity contribution in [3.63, 3.8) is 0 Å². The van der Waals surface area contributed by atoms with E-state index < -0.39 is 0 Å². The van der Waals surface area contributed by atoms with Crippen molar-refractivity contribution < 1.29 is 9.84 Å². The van der Waals surface area contributed by atoms with E-state index in [1.165, 1.54) is 0 Å². The number of nitrogens with two attached hydrogens (primary N) is 1. The van der Waals surface area contributed by atoms with Crippen LogP contribution >= 0.6 is 0 Å². The van der Waals surface area contributed by atoms with Gasteiger partial charge in [-0.2, -0.15) is 0 Å². The molecule has 0 aliphatic rings. The van der Waals surface area contributed by atoms with Crippen LogP contribution in [0, 0.1) is 0 Å². The van der Waals surface area contributed by atoms with Gasteiger partial charge in [-0.3, -0.25) is 0 Å². The van der Waals surface area contributed by atoms with Crippen molar-refractivity contribution in [2.75, 3.05) is 19.0 Å². The largest absolute Gasteiger partial charge is 0.507 e. The monoisotopic (exact) mass is 364 g/mol. The first-order chi connectivity index (χ1) is 13.1. The number of hydrogen-bond donors (Lipinski definition) is 3. The van der Waals surface area contributed by atoms with Gasteiger partial charge in [0.1, 0.15) is 17.3 Å². The Labute approximate surface area is 159 Å². The Balaban J connectivity index is 1.92. The summed E-state index contributed by atoms with van der Waals surface area (Å²) in [5.74, 6) is 2.03. The minimum atomic E-state index is 0.0632. The quantitative estimate of drug-likeness (QED) is 0.592. The maximum atomic E-state index is 10.3. The van der Waals surface area contributed by atoms with Gasteiger partial charge in [0.25, 0.3) is 0 Å². The molecule has 0 amide bonds. The van der Waals surface area contributed by atoms with Gasteiger partial charge in [0.05, 0.1) is 12.7 Å². The van der Waals surface area contributed by atoms with E-state index >= 15 is 0 Å². The van der Waals surface area contributed by atoms with Gasteiger partial charge >= 0.3 is 0 Å². The van der Waals surface area contributed by atoms with Crippen LogP contribution in [0.15, 0.2) is 54.7 Å². The predicted molar refractivity (Wildman–Crippen MR) is 108 cm³/mol. The molecule has 1 unspecified atom stereocenters. The molecule has 27 heavy (non-hydrogen) atoms. The molecule has 3 aromatic rings. The second-order valence-corrected chi connectivity index (χ2v) is 6.28. The minimum absolute atomic E-state index is 0.0632. The molecule has 0 saturated carbocycles. The van der Waals surface area contributed by atoms with Crippen LogP contribution in [0.1, 0.15) is 13.3 Å². The van der Waals surface area contributed by atoms with Crippen molar-refractivity contribution in [2.24, 2.45) is 5.73 Å². The van der Waals surface area contributed by atoms with Crippen LogP contribution in [0.4, 0.5) is 5.82 Å². The summed E-state index contributed by atoms with van der Waals surface area (Å²) >= 11 is 0. The molecule has 0 aliphatic carbocycles. The molecule has 1 heterocycles. The summed E-state index contributed by atoms with van der Waals surface area (Å²) in [5.41, 5.74) is 8.44. The molecule has 0 aliphatic heterocycles. The maximum Gasteiger partial charge on any atom is 0.165 e. The molecule has 6 heteroatoms. The molecule has 0 bridgehead atoms. The highest BCUT2D eigenvalue weighted by atomic mass is 16.5. The molecule has 0 saturated heterocycles. The molecule has 4 N–H and O–H groups in total. The molecule has 2 aromatic carbocycles. The number of nitrogens with zero attached hydrogens (tertiary/aromatic N) is 2. The van der Waals surface area contributed by atoms with Crippen LogP contribution in [0.2, 0.25) is 0 Å². The second kappa shape index (κ2) is 8.51. The van der Waals surface area contributed by atoms with E-state index in [9.17, 15) is 5.11 Å². The highest BCUT2D eigenvalue weighted by molar-refractivity contribution is 5.75. The standard InChI is InChI=1S/C21H24N4O2/c1-3-16(22)13-24-20-9-10-23-21(25-20)18-12-15(7-8-19(18)26)14-5-4-6-17(11-14)27-2/h4-12,16,26H,3,13,22H2,1-2H3,(H,23,24,25). The lowest BCUT2D eigenvalue weighted by Gasteiger charge is -2.12. The van der Waals surface area contributed by atoms with Crippen LogP contribution in [0.5, 0.6) is 11.5 Å². The Hall–Kier alpha value is -3.12. The van der Waals surface area contributed by atoms with E-state index in [1.807, 2.05) is 43.3 Å². The highest BCUT2D eigenvalue weighted by Gasteiger charge is 2.11. The summed E-state index contributed by atoms with van der Waals surface area (Å²) in [6.07, 6.45) is 2.55. The lowest BCUT2D eigenvalue weighted by atomic mass is 10.0. The summed E-state index contributed by atoms with van der Waals surface area (Å²) < 4.78 is 5.29. The van der Waals surface area contributed by atoms with E-state index in [0.29, 0.717) is 23.8 Å². The SMILES string of the molecule is CCC(N)CNc1ccnc(-c2cc(-c3cccc(OC)c3)ccc2O)n1. The highest BCUT2D eigenvalue weighted by Crippen LogP contribution is 2.33. The summed E-state index contributed by atoms with van der Waals surface area (Å²) in [6, 6.07) is 15.0. The number of benzene rings is 2. The Morgan fingerprint density at radius 2 is 1.96 bits per heavy atom. The number of aromatic nitrogens is 2. The summed E-state index contributed by atoms with van der Waals surface area (Å²) in [6.45, 7) is 2.67. The number of aromatic hydroxyl groups is 1. The van der Waals surface area contributed by atoms with Gasteiger partial charge in [0, 0.05) is 18.8 Å². The first-order valence-corrected chi connectivity index (χ1v) is 8.91. The van der Waals surface area contributed by atoms with E-state index in [2.05, 4.69) is 15.3 Å². The molecule has 0 radical (unpaired) electrons. The first kappa shape index (κ1) is 18.7. The fourth-order valence-corrected chi connectivity index (χ4v) is 2.66. The van der Waals surface area contributed by atoms with Crippen molar-refractivity contribution in [1.29, 1.82) is 0 Å². The van der Waals surface area contributed by atoms with Crippen LogP contribution in [-0.4, -0.2) is 34.8 Å². The van der Waals surface area contributed by atoms with Gasteiger partial charge in [0.15, 0.2) is 5.82 Å². The van der Waals surface area contributed by atoms with E-state index in [0.717, 1.165) is 23.3 Å². The fourth-order valence-electron chi connectivity index (χ4n) is 2.66. The number of phenolic OH excluding ortho intramolecular Hbond substituents is 1. The molecular weight excluding hydrogens is 340 g/mol. The van der Waals surface area contributed by atoms with Gasteiger partial charge in [0.2, 0.25) is 0 Å². The Kier molecular flexibility index (Phi) is 5.88. The molecule has 0 fully saturated rings. The Bertz CT molecular complexity index is 914. The zero-order valence-electron chi connectivity index (χ0n) is 15.5. The zero-order chi connectivity index (χ0) is 19.2. The summed E-state index contributed by atoms with van der Waals surface area (Å²) in [4.78, 5) is 8.84. The Morgan fingerprint density at radius 3 is 2.74 bits per heavy atom. The predicted octanol–water partition coefficient (Wildman–Crippen LogP) is 3.67. The third-order valence-corrected chi connectivity index (χ3v) is 4.37. The number of nitrogens with one attached hydrogen (secondary N) is 1. The average Bonchev–Trinajstić information content (AvgIpc) is 2.72. The molecule has 0 spiro atoms. The molecule has 140 valence electrons. The van der Waals surface area contributed by atoms with Crippen LogP contribution in [-0.2, 0) is 0 Å². The molecule has 1 atom stereocenters. The molecule has 3 rings (SSSR count). The van der Waals surface area contributed by atoms with Crippen LogP contribution in [0.25, 0.3) is 22.5 Å². The third-order valence-electron chi connectivity index (χ3n) is 4.37. The van der Waals surface area contributed by atoms with Crippen molar-refractivity contribution in [3.05, 3.63) is 54.7 Å². The topological polar surface area (TPSA) is 93.3 Å². The van der Waals surface area contributed by atoms with Crippen molar-refractivity contribution in [3.8, 4) is 34.0 Å². The summed E-state index contributed by atoms with van der Waals surface area (Å²) in [7, 11) is 1.64. The van der Waals surface area contributed by atoms with Crippen LogP contribution < -0.4 is 15.8 Å². The lowest BCUT2D eigenvalue weighted by Crippen LogP contribution is -2.28. The fraction of sp³-hybridized carbons (Fsp3) is 0.238. The second-order valence-electron chi connectivity index (χ2n) is 6.28. The van der Waals surface area contributed by atoms with E-state index in [4.69, 9.17) is 10.5 Å².